The number of ether oxygens (including phenoxy) is 1. The van der Waals surface area contributed by atoms with Gasteiger partial charge in [0.25, 0.3) is 0 Å². The zero-order valence-corrected chi connectivity index (χ0v) is 19.3. The molecule has 2 heterocycles. The third-order valence-electron chi connectivity index (χ3n) is 6.60. The average molecular weight is 443 g/mol. The van der Waals surface area contributed by atoms with Crippen LogP contribution in [0.15, 0.2) is 53.4 Å². The molecule has 0 atom stereocenters. The summed E-state index contributed by atoms with van der Waals surface area (Å²) in [5.41, 5.74) is 3.74. The molecule has 0 saturated carbocycles. The maximum absolute atomic E-state index is 13.7. The second-order valence-corrected chi connectivity index (χ2v) is 10.4. The van der Waals surface area contributed by atoms with Crippen LogP contribution in [0.25, 0.3) is 0 Å². The fourth-order valence-electron chi connectivity index (χ4n) is 4.84. The van der Waals surface area contributed by atoms with Crippen molar-refractivity contribution in [2.24, 2.45) is 0 Å². The minimum absolute atomic E-state index is 0.0192. The summed E-state index contributed by atoms with van der Waals surface area (Å²) in [7, 11) is -3.54. The third-order valence-corrected chi connectivity index (χ3v) is 8.65. The maximum Gasteiger partial charge on any atom is 0.243 e. The van der Waals surface area contributed by atoms with Gasteiger partial charge in [-0.1, -0.05) is 49.4 Å². The molecule has 0 bridgehead atoms. The smallest absolute Gasteiger partial charge is 0.243 e. The van der Waals surface area contributed by atoms with Gasteiger partial charge in [-0.05, 0) is 61.4 Å². The largest absolute Gasteiger partial charge is 0.381 e. The van der Waals surface area contributed by atoms with Gasteiger partial charge in [0.1, 0.15) is 0 Å². The topological polar surface area (TPSA) is 49.9 Å². The lowest BCUT2D eigenvalue weighted by Gasteiger charge is -2.35. The fraction of sp³-hybridized carbons (Fsp3) is 0.520. The van der Waals surface area contributed by atoms with Crippen molar-refractivity contribution >= 4 is 10.0 Å². The lowest BCUT2D eigenvalue weighted by atomic mass is 10.00. The van der Waals surface area contributed by atoms with E-state index in [0.29, 0.717) is 31.1 Å². The van der Waals surface area contributed by atoms with Crippen LogP contribution in [0.2, 0.25) is 0 Å². The first-order valence-corrected chi connectivity index (χ1v) is 13.0. The van der Waals surface area contributed by atoms with Gasteiger partial charge in [0.05, 0.1) is 4.90 Å². The zero-order valence-electron chi connectivity index (χ0n) is 18.5. The number of sulfonamides is 1. The van der Waals surface area contributed by atoms with E-state index >= 15 is 0 Å². The van der Waals surface area contributed by atoms with E-state index in [-0.39, 0.29) is 6.04 Å². The first-order valence-electron chi connectivity index (χ1n) is 11.6. The van der Waals surface area contributed by atoms with E-state index in [1.165, 1.54) is 11.1 Å². The predicted molar refractivity (Wildman–Crippen MR) is 124 cm³/mol. The zero-order chi connectivity index (χ0) is 21.7. The summed E-state index contributed by atoms with van der Waals surface area (Å²) < 4.78 is 34.8. The molecule has 2 aromatic carbocycles. The first-order chi connectivity index (χ1) is 15.1. The van der Waals surface area contributed by atoms with E-state index in [1.54, 1.807) is 10.4 Å². The SMILES string of the molecule is CCc1ccccc1S(=O)(=O)N(CCCN1CCc2ccccc2C1)C1CCOCC1. The summed E-state index contributed by atoms with van der Waals surface area (Å²) in [4.78, 5) is 2.92. The molecule has 31 heavy (non-hydrogen) atoms. The van der Waals surface area contributed by atoms with Crippen molar-refractivity contribution in [2.75, 3.05) is 32.8 Å². The molecule has 0 aliphatic carbocycles. The molecule has 4 rings (SSSR count). The Bertz CT molecular complexity index is 970. The highest BCUT2D eigenvalue weighted by atomic mass is 32.2. The van der Waals surface area contributed by atoms with Crippen LogP contribution >= 0.6 is 0 Å². The number of hydrogen-bond donors (Lipinski definition) is 0. The molecule has 5 nitrogen and oxygen atoms in total. The quantitative estimate of drug-likeness (QED) is 0.623. The van der Waals surface area contributed by atoms with Crippen LogP contribution in [0.5, 0.6) is 0 Å². The Morgan fingerprint density at radius 1 is 1.03 bits per heavy atom. The minimum atomic E-state index is -3.54. The van der Waals surface area contributed by atoms with Gasteiger partial charge in [0.15, 0.2) is 0 Å². The lowest BCUT2D eigenvalue weighted by Crippen LogP contribution is -2.45. The summed E-state index contributed by atoms with van der Waals surface area (Å²) >= 11 is 0. The lowest BCUT2D eigenvalue weighted by molar-refractivity contribution is 0.0575. The van der Waals surface area contributed by atoms with Gasteiger partial charge in [0.2, 0.25) is 10.0 Å². The summed E-state index contributed by atoms with van der Waals surface area (Å²) in [6.07, 6.45) is 4.16. The van der Waals surface area contributed by atoms with Crippen LogP contribution < -0.4 is 0 Å². The molecule has 6 heteroatoms. The van der Waals surface area contributed by atoms with Gasteiger partial charge < -0.3 is 4.74 Å². The summed E-state index contributed by atoms with van der Waals surface area (Å²) in [6, 6.07) is 16.1. The third kappa shape index (κ3) is 5.20. The highest BCUT2D eigenvalue weighted by molar-refractivity contribution is 7.89. The van der Waals surface area contributed by atoms with E-state index in [0.717, 1.165) is 50.9 Å². The van der Waals surface area contributed by atoms with Crippen molar-refractivity contribution in [1.29, 1.82) is 0 Å². The molecule has 2 aliphatic heterocycles. The normalized spacial score (nSPS) is 18.3. The number of rotatable bonds is 8. The molecule has 2 aromatic rings. The second kappa shape index (κ2) is 10.3. The molecule has 0 unspecified atom stereocenters. The van der Waals surface area contributed by atoms with E-state index in [9.17, 15) is 8.42 Å². The molecule has 0 radical (unpaired) electrons. The number of fused-ring (bicyclic) bond motifs is 1. The van der Waals surface area contributed by atoms with Gasteiger partial charge in [-0.15, -0.1) is 0 Å². The Morgan fingerprint density at radius 3 is 2.52 bits per heavy atom. The van der Waals surface area contributed by atoms with Gasteiger partial charge >= 0.3 is 0 Å². The van der Waals surface area contributed by atoms with E-state index in [2.05, 4.69) is 29.2 Å². The standard InChI is InChI=1S/C25H34N2O3S/c1-2-21-8-5-6-11-25(21)31(28,29)27(24-13-18-30-19-14-24)16-7-15-26-17-12-22-9-3-4-10-23(22)20-26/h3-6,8-11,24H,2,7,12-20H2,1H3. The van der Waals surface area contributed by atoms with Gasteiger partial charge in [-0.3, -0.25) is 4.90 Å². The molecule has 0 amide bonds. The number of aryl methyl sites for hydroxylation is 1. The molecular weight excluding hydrogens is 408 g/mol. The Morgan fingerprint density at radius 2 is 1.74 bits per heavy atom. The van der Waals surface area contributed by atoms with Crippen LogP contribution in [-0.4, -0.2) is 56.5 Å². The monoisotopic (exact) mass is 442 g/mol. The average Bonchev–Trinajstić information content (AvgIpc) is 2.82. The number of nitrogens with zero attached hydrogens (tertiary/aromatic N) is 2. The van der Waals surface area contributed by atoms with Crippen molar-refractivity contribution in [1.82, 2.24) is 9.21 Å². The van der Waals surface area contributed by atoms with Crippen molar-refractivity contribution in [3.8, 4) is 0 Å². The van der Waals surface area contributed by atoms with Gasteiger partial charge in [0, 0.05) is 38.9 Å². The van der Waals surface area contributed by atoms with E-state index in [1.807, 2.05) is 25.1 Å². The molecule has 168 valence electrons. The highest BCUT2D eigenvalue weighted by Gasteiger charge is 2.33. The van der Waals surface area contributed by atoms with Gasteiger partial charge in [-0.25, -0.2) is 8.42 Å². The van der Waals surface area contributed by atoms with E-state index in [4.69, 9.17) is 4.74 Å². The van der Waals surface area contributed by atoms with Crippen molar-refractivity contribution in [3.05, 3.63) is 65.2 Å². The summed E-state index contributed by atoms with van der Waals surface area (Å²) in [5.74, 6) is 0. The number of hydrogen-bond acceptors (Lipinski definition) is 4. The maximum atomic E-state index is 13.7. The Hall–Kier alpha value is -1.73. The molecule has 1 saturated heterocycles. The van der Waals surface area contributed by atoms with E-state index < -0.39 is 10.0 Å². The first kappa shape index (κ1) is 22.5. The molecule has 0 aromatic heterocycles. The van der Waals surface area contributed by atoms with Gasteiger partial charge in [-0.2, -0.15) is 4.31 Å². The minimum Gasteiger partial charge on any atom is -0.381 e. The molecular formula is C25H34N2O3S. The highest BCUT2D eigenvalue weighted by Crippen LogP contribution is 2.27. The van der Waals surface area contributed by atoms with Crippen molar-refractivity contribution < 1.29 is 13.2 Å². The molecule has 0 N–H and O–H groups in total. The fourth-order valence-corrected chi connectivity index (χ4v) is 6.86. The Kier molecular flexibility index (Phi) is 7.43. The van der Waals surface area contributed by atoms with Crippen LogP contribution in [0, 0.1) is 0 Å². The summed E-state index contributed by atoms with van der Waals surface area (Å²) in [6.45, 7) is 6.76. The van der Waals surface area contributed by atoms with Crippen molar-refractivity contribution in [3.63, 3.8) is 0 Å². The summed E-state index contributed by atoms with van der Waals surface area (Å²) in [5, 5.41) is 0. The second-order valence-electron chi connectivity index (χ2n) is 8.57. The molecule has 1 fully saturated rings. The Labute approximate surface area is 187 Å². The molecule has 2 aliphatic rings. The molecule has 0 spiro atoms. The van der Waals surface area contributed by atoms with Crippen LogP contribution in [0.1, 0.15) is 42.9 Å². The Balaban J connectivity index is 1.47. The number of benzene rings is 2. The van der Waals surface area contributed by atoms with Crippen LogP contribution in [0.3, 0.4) is 0 Å². The van der Waals surface area contributed by atoms with Crippen molar-refractivity contribution in [2.45, 2.75) is 56.5 Å². The predicted octanol–water partition coefficient (Wildman–Crippen LogP) is 3.87. The van der Waals surface area contributed by atoms with Crippen LogP contribution in [-0.2, 0) is 34.1 Å². The van der Waals surface area contributed by atoms with Crippen LogP contribution in [0.4, 0.5) is 0 Å².